The van der Waals surface area contributed by atoms with Crippen LogP contribution in [0.25, 0.3) is 0 Å². The predicted molar refractivity (Wildman–Crippen MR) is 61.5 cm³/mol. The maximum Gasteiger partial charge on any atom is 0.323 e. The van der Waals surface area contributed by atoms with Crippen molar-refractivity contribution in [2.75, 3.05) is 11.4 Å². The van der Waals surface area contributed by atoms with Crippen LogP contribution in [0.5, 0.6) is 0 Å². The molecule has 0 aliphatic heterocycles. The molecule has 1 aromatic heterocycles. The van der Waals surface area contributed by atoms with E-state index < -0.39 is 17.3 Å². The van der Waals surface area contributed by atoms with Gasteiger partial charge in [0.25, 0.3) is 0 Å². The number of aryl methyl sites for hydroxylation is 1. The van der Waals surface area contributed by atoms with Crippen molar-refractivity contribution in [2.45, 2.75) is 33.2 Å². The third-order valence-electron chi connectivity index (χ3n) is 2.30. The number of aromatic nitrogens is 2. The van der Waals surface area contributed by atoms with Crippen LogP contribution < -0.4 is 4.90 Å². The number of carboxylic acids is 1. The maximum absolute atomic E-state index is 13.9. The van der Waals surface area contributed by atoms with Gasteiger partial charge in [-0.05, 0) is 27.7 Å². The zero-order valence-electron chi connectivity index (χ0n) is 10.4. The van der Waals surface area contributed by atoms with Crippen molar-refractivity contribution in [2.24, 2.45) is 0 Å². The number of anilines is 1. The number of carboxylic acid groups (broad SMARTS) is 1. The molecule has 17 heavy (non-hydrogen) atoms. The normalized spacial score (nSPS) is 11.4. The molecule has 0 saturated heterocycles. The summed E-state index contributed by atoms with van der Waals surface area (Å²) < 4.78 is 13.9. The van der Waals surface area contributed by atoms with E-state index in [1.807, 2.05) is 0 Å². The summed E-state index contributed by atoms with van der Waals surface area (Å²) in [4.78, 5) is 19.8. The van der Waals surface area contributed by atoms with Crippen LogP contribution in [0.3, 0.4) is 0 Å². The standard InChI is InChI=1S/C11H16FN3O2/c1-7-9(12)10(14-6-13-7)15(5-8(16)17)11(2,3)4/h6H,5H2,1-4H3,(H,16,17). The van der Waals surface area contributed by atoms with Gasteiger partial charge in [0.05, 0.1) is 5.69 Å². The molecule has 6 heteroatoms. The van der Waals surface area contributed by atoms with Gasteiger partial charge < -0.3 is 10.0 Å². The number of hydrogen-bond donors (Lipinski definition) is 1. The molecule has 0 spiro atoms. The van der Waals surface area contributed by atoms with E-state index in [2.05, 4.69) is 9.97 Å². The lowest BCUT2D eigenvalue weighted by Crippen LogP contribution is -2.45. The number of nitrogens with zero attached hydrogens (tertiary/aromatic N) is 3. The third-order valence-corrected chi connectivity index (χ3v) is 2.30. The first kappa shape index (κ1) is 13.3. The van der Waals surface area contributed by atoms with Crippen LogP contribution in [-0.2, 0) is 4.79 Å². The molecule has 0 aliphatic rings. The van der Waals surface area contributed by atoms with Crippen molar-refractivity contribution in [3.63, 3.8) is 0 Å². The van der Waals surface area contributed by atoms with E-state index in [1.165, 1.54) is 18.2 Å². The summed E-state index contributed by atoms with van der Waals surface area (Å²) in [5.41, 5.74) is -0.338. The quantitative estimate of drug-likeness (QED) is 0.870. The van der Waals surface area contributed by atoms with Crippen molar-refractivity contribution in [1.82, 2.24) is 9.97 Å². The molecule has 5 nitrogen and oxygen atoms in total. The molecule has 0 fully saturated rings. The Hall–Kier alpha value is -1.72. The SMILES string of the molecule is Cc1ncnc(N(CC(=O)O)C(C)(C)C)c1F. The Morgan fingerprint density at radius 1 is 1.47 bits per heavy atom. The number of hydrogen-bond acceptors (Lipinski definition) is 4. The van der Waals surface area contributed by atoms with Gasteiger partial charge in [0, 0.05) is 5.54 Å². The molecule has 0 bridgehead atoms. The van der Waals surface area contributed by atoms with Gasteiger partial charge in [-0.2, -0.15) is 0 Å². The Morgan fingerprint density at radius 3 is 2.53 bits per heavy atom. The van der Waals surface area contributed by atoms with Gasteiger partial charge in [0.2, 0.25) is 0 Å². The summed E-state index contributed by atoms with van der Waals surface area (Å²) in [7, 11) is 0. The molecule has 0 aromatic carbocycles. The lowest BCUT2D eigenvalue weighted by atomic mass is 10.1. The molecule has 0 unspecified atom stereocenters. The van der Waals surface area contributed by atoms with Crippen LogP contribution in [0, 0.1) is 12.7 Å². The molecular weight excluding hydrogens is 225 g/mol. The number of carbonyl (C=O) groups is 1. The smallest absolute Gasteiger partial charge is 0.323 e. The van der Waals surface area contributed by atoms with E-state index in [4.69, 9.17) is 5.11 Å². The first-order chi connectivity index (χ1) is 7.73. The summed E-state index contributed by atoms with van der Waals surface area (Å²) in [5, 5.41) is 8.86. The molecule has 1 N–H and O–H groups in total. The lowest BCUT2D eigenvalue weighted by molar-refractivity contribution is -0.135. The van der Waals surface area contributed by atoms with Crippen LogP contribution in [0.1, 0.15) is 26.5 Å². The predicted octanol–water partition coefficient (Wildman–Crippen LogP) is 1.61. The van der Waals surface area contributed by atoms with Gasteiger partial charge in [-0.1, -0.05) is 0 Å². The van der Waals surface area contributed by atoms with Crippen molar-refractivity contribution < 1.29 is 14.3 Å². The van der Waals surface area contributed by atoms with Gasteiger partial charge in [0.15, 0.2) is 11.6 Å². The molecular formula is C11H16FN3O2. The molecule has 0 amide bonds. The lowest BCUT2D eigenvalue weighted by Gasteiger charge is -2.35. The number of rotatable bonds is 3. The largest absolute Gasteiger partial charge is 0.480 e. The number of aliphatic carboxylic acids is 1. The highest BCUT2D eigenvalue weighted by Crippen LogP contribution is 2.24. The van der Waals surface area contributed by atoms with Gasteiger partial charge in [-0.25, -0.2) is 14.4 Å². The maximum atomic E-state index is 13.9. The Morgan fingerprint density at radius 2 is 2.06 bits per heavy atom. The molecule has 0 atom stereocenters. The van der Waals surface area contributed by atoms with E-state index in [0.717, 1.165) is 0 Å². The van der Waals surface area contributed by atoms with Gasteiger partial charge in [-0.3, -0.25) is 4.79 Å². The Balaban J connectivity index is 3.22. The molecule has 0 saturated carbocycles. The van der Waals surface area contributed by atoms with Crippen LogP contribution in [0.4, 0.5) is 10.2 Å². The zero-order valence-corrected chi connectivity index (χ0v) is 10.4. The topological polar surface area (TPSA) is 66.3 Å². The third kappa shape index (κ3) is 3.12. The van der Waals surface area contributed by atoms with E-state index in [1.54, 1.807) is 20.8 Å². The van der Waals surface area contributed by atoms with E-state index >= 15 is 0 Å². The minimum absolute atomic E-state index is 0.0207. The van der Waals surface area contributed by atoms with Crippen molar-refractivity contribution in [3.8, 4) is 0 Å². The highest BCUT2D eigenvalue weighted by molar-refractivity contribution is 5.73. The Bertz CT molecular complexity index is 429. The number of halogens is 1. The van der Waals surface area contributed by atoms with Crippen molar-refractivity contribution >= 4 is 11.8 Å². The summed E-state index contributed by atoms with van der Waals surface area (Å²) in [5.74, 6) is -1.59. The first-order valence-corrected chi connectivity index (χ1v) is 5.20. The van der Waals surface area contributed by atoms with Gasteiger partial charge in [0.1, 0.15) is 12.9 Å². The Labute approximate surface area is 99.3 Å². The molecule has 0 aliphatic carbocycles. The van der Waals surface area contributed by atoms with Gasteiger partial charge in [-0.15, -0.1) is 0 Å². The second-order valence-electron chi connectivity index (χ2n) is 4.75. The van der Waals surface area contributed by atoms with Crippen LogP contribution in [0.15, 0.2) is 6.33 Å². The molecule has 1 aromatic rings. The molecule has 1 heterocycles. The summed E-state index contributed by atoms with van der Waals surface area (Å²) in [6.45, 7) is 6.60. The van der Waals surface area contributed by atoms with Crippen LogP contribution in [0.2, 0.25) is 0 Å². The van der Waals surface area contributed by atoms with Gasteiger partial charge >= 0.3 is 5.97 Å². The van der Waals surface area contributed by atoms with E-state index in [9.17, 15) is 9.18 Å². The van der Waals surface area contributed by atoms with E-state index in [-0.39, 0.29) is 18.1 Å². The average molecular weight is 241 g/mol. The fourth-order valence-corrected chi connectivity index (χ4v) is 1.40. The van der Waals surface area contributed by atoms with Crippen molar-refractivity contribution in [1.29, 1.82) is 0 Å². The summed E-state index contributed by atoms with van der Waals surface area (Å²) in [6.07, 6.45) is 1.23. The Kier molecular flexibility index (Phi) is 3.65. The van der Waals surface area contributed by atoms with E-state index in [0.29, 0.717) is 0 Å². The highest BCUT2D eigenvalue weighted by Gasteiger charge is 2.28. The molecule has 1 rings (SSSR count). The molecule has 94 valence electrons. The minimum atomic E-state index is -1.03. The molecule has 0 radical (unpaired) electrons. The highest BCUT2D eigenvalue weighted by atomic mass is 19.1. The fraction of sp³-hybridized carbons (Fsp3) is 0.545. The average Bonchev–Trinajstić information content (AvgIpc) is 2.17. The second kappa shape index (κ2) is 4.65. The van der Waals surface area contributed by atoms with Crippen molar-refractivity contribution in [3.05, 3.63) is 17.8 Å². The zero-order chi connectivity index (χ0) is 13.2. The fourth-order valence-electron chi connectivity index (χ4n) is 1.40. The summed E-state index contributed by atoms with van der Waals surface area (Å²) >= 11 is 0. The minimum Gasteiger partial charge on any atom is -0.480 e. The monoisotopic (exact) mass is 241 g/mol. The first-order valence-electron chi connectivity index (χ1n) is 5.20. The van der Waals surface area contributed by atoms with Crippen LogP contribution in [-0.4, -0.2) is 33.1 Å². The second-order valence-corrected chi connectivity index (χ2v) is 4.75. The van der Waals surface area contributed by atoms with Crippen LogP contribution >= 0.6 is 0 Å². The summed E-state index contributed by atoms with van der Waals surface area (Å²) in [6, 6.07) is 0.